The molecule has 0 aliphatic heterocycles. The largest absolute Gasteiger partial charge is 0.496 e. The van der Waals surface area contributed by atoms with Crippen LogP contribution in [-0.2, 0) is 6.54 Å². The molecule has 0 aliphatic rings. The summed E-state index contributed by atoms with van der Waals surface area (Å²) in [6.07, 6.45) is 0. The number of rotatable bonds is 4. The Hall–Kier alpha value is -1.87. The first-order valence-electron chi connectivity index (χ1n) is 6.00. The van der Waals surface area contributed by atoms with E-state index in [1.54, 1.807) is 7.11 Å². The summed E-state index contributed by atoms with van der Waals surface area (Å²) in [6, 6.07) is 13.4. The molecule has 0 amide bonds. The minimum atomic E-state index is 0.650. The van der Waals surface area contributed by atoms with Gasteiger partial charge in [0.25, 0.3) is 0 Å². The van der Waals surface area contributed by atoms with Gasteiger partial charge in [0, 0.05) is 19.2 Å². The van der Waals surface area contributed by atoms with Crippen LogP contribution in [0.15, 0.2) is 42.5 Å². The molecule has 19 heavy (non-hydrogen) atoms. The van der Waals surface area contributed by atoms with Gasteiger partial charge in [0.15, 0.2) is 0 Å². The number of nitrogen functional groups attached to an aromatic ring is 1. The number of anilines is 2. The molecule has 4 heteroatoms. The number of ether oxygens (including phenoxy) is 1. The maximum Gasteiger partial charge on any atom is 0.123 e. The van der Waals surface area contributed by atoms with Crippen molar-refractivity contribution in [2.75, 3.05) is 24.8 Å². The number of nitrogens with two attached hydrogens (primary N) is 1. The highest BCUT2D eigenvalue weighted by Crippen LogP contribution is 2.32. The summed E-state index contributed by atoms with van der Waals surface area (Å²) in [7, 11) is 3.63. The molecule has 2 aromatic rings. The van der Waals surface area contributed by atoms with E-state index in [0.29, 0.717) is 17.3 Å². The zero-order valence-corrected chi connectivity index (χ0v) is 11.8. The Morgan fingerprint density at radius 2 is 1.89 bits per heavy atom. The molecule has 0 saturated carbocycles. The molecule has 0 aromatic heterocycles. The third-order valence-corrected chi connectivity index (χ3v) is 3.30. The molecule has 0 radical (unpaired) electrons. The Morgan fingerprint density at radius 3 is 2.58 bits per heavy atom. The summed E-state index contributed by atoms with van der Waals surface area (Å²) in [5, 5.41) is 0.650. The molecule has 0 fully saturated rings. The third kappa shape index (κ3) is 2.93. The molecule has 0 saturated heterocycles. The molecule has 2 rings (SSSR count). The van der Waals surface area contributed by atoms with Crippen molar-refractivity contribution in [1.82, 2.24) is 0 Å². The summed E-state index contributed by atoms with van der Waals surface area (Å²) in [5.41, 5.74) is 8.59. The van der Waals surface area contributed by atoms with E-state index < -0.39 is 0 Å². The number of benzene rings is 2. The first-order valence-corrected chi connectivity index (χ1v) is 6.38. The fourth-order valence-corrected chi connectivity index (χ4v) is 2.43. The van der Waals surface area contributed by atoms with Crippen LogP contribution in [-0.4, -0.2) is 14.2 Å². The number of para-hydroxylation sites is 2. The Bertz CT molecular complexity index is 552. The summed E-state index contributed by atoms with van der Waals surface area (Å²) >= 11 is 6.21. The first kappa shape index (κ1) is 13.6. The highest BCUT2D eigenvalue weighted by atomic mass is 35.5. The second kappa shape index (κ2) is 5.85. The smallest absolute Gasteiger partial charge is 0.123 e. The maximum atomic E-state index is 6.21. The lowest BCUT2D eigenvalue weighted by atomic mass is 10.1. The monoisotopic (exact) mass is 276 g/mol. The second-order valence-corrected chi connectivity index (χ2v) is 4.75. The van der Waals surface area contributed by atoms with E-state index in [4.69, 9.17) is 22.1 Å². The van der Waals surface area contributed by atoms with Crippen LogP contribution in [0.3, 0.4) is 0 Å². The average Bonchev–Trinajstić information content (AvgIpc) is 2.39. The van der Waals surface area contributed by atoms with Crippen molar-refractivity contribution < 1.29 is 4.74 Å². The zero-order valence-electron chi connectivity index (χ0n) is 11.1. The van der Waals surface area contributed by atoms with Gasteiger partial charge in [-0.25, -0.2) is 0 Å². The molecular formula is C15H17ClN2O. The van der Waals surface area contributed by atoms with Crippen LogP contribution in [0.25, 0.3) is 0 Å². The predicted octanol–water partition coefficient (Wildman–Crippen LogP) is 3.57. The lowest BCUT2D eigenvalue weighted by molar-refractivity contribution is 0.409. The lowest BCUT2D eigenvalue weighted by Gasteiger charge is -2.23. The summed E-state index contributed by atoms with van der Waals surface area (Å²) in [6.45, 7) is 0.679. The number of halogens is 1. The summed E-state index contributed by atoms with van der Waals surface area (Å²) in [5.74, 6) is 0.861. The van der Waals surface area contributed by atoms with Gasteiger partial charge in [0.05, 0.1) is 23.5 Å². The highest BCUT2D eigenvalue weighted by molar-refractivity contribution is 6.33. The minimum absolute atomic E-state index is 0.650. The second-order valence-electron chi connectivity index (χ2n) is 4.35. The summed E-state index contributed by atoms with van der Waals surface area (Å²) < 4.78 is 5.35. The lowest BCUT2D eigenvalue weighted by Crippen LogP contribution is -2.18. The Kier molecular flexibility index (Phi) is 4.17. The van der Waals surface area contributed by atoms with Crippen LogP contribution >= 0.6 is 11.6 Å². The third-order valence-electron chi connectivity index (χ3n) is 3.00. The molecule has 0 spiro atoms. The molecule has 0 aliphatic carbocycles. The fourth-order valence-electron chi connectivity index (χ4n) is 2.10. The van der Waals surface area contributed by atoms with E-state index in [9.17, 15) is 0 Å². The van der Waals surface area contributed by atoms with Crippen LogP contribution < -0.4 is 15.4 Å². The molecular weight excluding hydrogens is 260 g/mol. The van der Waals surface area contributed by atoms with Crippen molar-refractivity contribution in [3.8, 4) is 5.75 Å². The Balaban J connectivity index is 2.28. The molecule has 0 atom stereocenters. The summed E-state index contributed by atoms with van der Waals surface area (Å²) in [4.78, 5) is 2.02. The van der Waals surface area contributed by atoms with Crippen molar-refractivity contribution in [2.24, 2.45) is 0 Å². The van der Waals surface area contributed by atoms with Crippen LogP contribution in [0.5, 0.6) is 5.75 Å². The van der Waals surface area contributed by atoms with Gasteiger partial charge in [0.1, 0.15) is 5.75 Å². The molecule has 3 nitrogen and oxygen atoms in total. The van der Waals surface area contributed by atoms with Gasteiger partial charge in [-0.2, -0.15) is 0 Å². The van der Waals surface area contributed by atoms with Crippen molar-refractivity contribution in [3.63, 3.8) is 0 Å². The standard InChI is InChI=1S/C15H17ClN2O/c1-18(15-12(16)7-5-8-13(15)17)10-11-6-3-4-9-14(11)19-2/h3-9H,10,17H2,1-2H3. The van der Waals surface area contributed by atoms with Crippen LogP contribution in [0.4, 0.5) is 11.4 Å². The minimum Gasteiger partial charge on any atom is -0.496 e. The van der Waals surface area contributed by atoms with Crippen LogP contribution in [0.2, 0.25) is 5.02 Å². The van der Waals surface area contributed by atoms with E-state index in [2.05, 4.69) is 0 Å². The quantitative estimate of drug-likeness (QED) is 0.868. The van der Waals surface area contributed by atoms with Gasteiger partial charge < -0.3 is 15.4 Å². The molecule has 2 aromatic carbocycles. The number of hydrogen-bond acceptors (Lipinski definition) is 3. The van der Waals surface area contributed by atoms with Gasteiger partial charge in [0.2, 0.25) is 0 Å². The first-order chi connectivity index (χ1) is 9.13. The van der Waals surface area contributed by atoms with Gasteiger partial charge in [-0.05, 0) is 18.2 Å². The highest BCUT2D eigenvalue weighted by Gasteiger charge is 2.12. The SMILES string of the molecule is COc1ccccc1CN(C)c1c(N)cccc1Cl. The van der Waals surface area contributed by atoms with Gasteiger partial charge in [-0.3, -0.25) is 0 Å². The molecule has 100 valence electrons. The van der Waals surface area contributed by atoms with Crippen LogP contribution in [0, 0.1) is 0 Å². The number of hydrogen-bond donors (Lipinski definition) is 1. The van der Waals surface area contributed by atoms with E-state index in [-0.39, 0.29) is 0 Å². The van der Waals surface area contributed by atoms with E-state index in [1.165, 1.54) is 0 Å². The Morgan fingerprint density at radius 1 is 1.16 bits per heavy atom. The maximum absolute atomic E-state index is 6.21. The number of methoxy groups -OCH3 is 1. The van der Waals surface area contributed by atoms with Crippen molar-refractivity contribution in [1.29, 1.82) is 0 Å². The zero-order chi connectivity index (χ0) is 13.8. The van der Waals surface area contributed by atoms with Gasteiger partial charge >= 0.3 is 0 Å². The normalized spacial score (nSPS) is 10.3. The molecule has 2 N–H and O–H groups in total. The number of nitrogens with zero attached hydrogens (tertiary/aromatic N) is 1. The van der Waals surface area contributed by atoms with Gasteiger partial charge in [-0.1, -0.05) is 35.9 Å². The average molecular weight is 277 g/mol. The fraction of sp³-hybridized carbons (Fsp3) is 0.200. The van der Waals surface area contributed by atoms with Crippen LogP contribution in [0.1, 0.15) is 5.56 Å². The van der Waals surface area contributed by atoms with Gasteiger partial charge in [-0.15, -0.1) is 0 Å². The van der Waals surface area contributed by atoms with E-state index >= 15 is 0 Å². The van der Waals surface area contributed by atoms with Crippen molar-refractivity contribution in [2.45, 2.75) is 6.54 Å². The molecule has 0 heterocycles. The van der Waals surface area contributed by atoms with E-state index in [0.717, 1.165) is 17.0 Å². The Labute approximate surface area is 118 Å². The predicted molar refractivity (Wildman–Crippen MR) is 81.0 cm³/mol. The molecule has 0 unspecified atom stereocenters. The molecule has 0 bridgehead atoms. The van der Waals surface area contributed by atoms with Crippen molar-refractivity contribution >= 4 is 23.0 Å². The van der Waals surface area contributed by atoms with E-state index in [1.807, 2.05) is 54.4 Å². The van der Waals surface area contributed by atoms with Crippen molar-refractivity contribution in [3.05, 3.63) is 53.1 Å². The topological polar surface area (TPSA) is 38.5 Å².